The quantitative estimate of drug-likeness (QED) is 0.843. The number of unbranched alkanes of at least 4 members (excludes halogenated alkanes) is 1. The highest BCUT2D eigenvalue weighted by Gasteiger charge is 2.13. The van der Waals surface area contributed by atoms with Crippen molar-refractivity contribution in [2.75, 3.05) is 6.54 Å². The van der Waals surface area contributed by atoms with Crippen LogP contribution in [0.25, 0.3) is 11.3 Å². The van der Waals surface area contributed by atoms with Crippen LogP contribution in [0, 0.1) is 0 Å². The number of nitrogens with one attached hydrogen (secondary N) is 1. The van der Waals surface area contributed by atoms with E-state index in [9.17, 15) is 4.79 Å². The molecule has 0 unspecified atom stereocenters. The third-order valence-corrected chi connectivity index (χ3v) is 3.50. The molecule has 0 saturated heterocycles. The maximum Gasteiger partial charge on any atom is 0.273 e. The lowest BCUT2D eigenvalue weighted by molar-refractivity contribution is 0.0944. The summed E-state index contributed by atoms with van der Waals surface area (Å²) < 4.78 is 5.16. The molecule has 0 aliphatic rings. The maximum absolute atomic E-state index is 11.8. The molecule has 0 atom stereocenters. The smallest absolute Gasteiger partial charge is 0.273 e. The van der Waals surface area contributed by atoms with Gasteiger partial charge in [0.25, 0.3) is 5.91 Å². The second-order valence-electron chi connectivity index (χ2n) is 4.31. The third-order valence-electron chi connectivity index (χ3n) is 2.76. The second-order valence-corrected chi connectivity index (χ2v) is 5.13. The minimum atomic E-state index is -0.242. The molecule has 0 bridgehead atoms. The Kier molecular flexibility index (Phi) is 5.04. The predicted molar refractivity (Wildman–Crippen MR) is 79.2 cm³/mol. The molecule has 6 heteroatoms. The van der Waals surface area contributed by atoms with Crippen LogP contribution in [0.15, 0.2) is 28.8 Å². The standard InChI is InChI=1S/C14H14Cl2N2O2/c1-2-3-6-17-14(19)12-8-13(20-18-12)9-4-5-10(15)11(16)7-9/h4-5,7-8H,2-3,6H2,1H3,(H,17,19). The largest absolute Gasteiger partial charge is 0.355 e. The number of amides is 1. The van der Waals surface area contributed by atoms with Crippen LogP contribution in [0.1, 0.15) is 30.3 Å². The van der Waals surface area contributed by atoms with Gasteiger partial charge in [-0.15, -0.1) is 0 Å². The molecule has 2 rings (SSSR count). The number of hydrogen-bond acceptors (Lipinski definition) is 3. The van der Waals surface area contributed by atoms with Gasteiger partial charge in [-0.05, 0) is 24.6 Å². The van der Waals surface area contributed by atoms with Crippen molar-refractivity contribution in [1.29, 1.82) is 0 Å². The van der Waals surface area contributed by atoms with E-state index in [4.69, 9.17) is 27.7 Å². The molecule has 1 aromatic heterocycles. The lowest BCUT2D eigenvalue weighted by Gasteiger charge is -1.99. The van der Waals surface area contributed by atoms with Gasteiger partial charge in [0.2, 0.25) is 0 Å². The van der Waals surface area contributed by atoms with Crippen molar-refractivity contribution in [1.82, 2.24) is 10.5 Å². The van der Waals surface area contributed by atoms with Gasteiger partial charge in [-0.25, -0.2) is 0 Å². The lowest BCUT2D eigenvalue weighted by atomic mass is 10.1. The van der Waals surface area contributed by atoms with E-state index >= 15 is 0 Å². The fraction of sp³-hybridized carbons (Fsp3) is 0.286. The first-order chi connectivity index (χ1) is 9.61. The van der Waals surface area contributed by atoms with Crippen molar-refractivity contribution in [3.05, 3.63) is 40.0 Å². The molecule has 106 valence electrons. The molecule has 0 fully saturated rings. The van der Waals surface area contributed by atoms with Crippen LogP contribution in [0.4, 0.5) is 0 Å². The first kappa shape index (κ1) is 14.9. The maximum atomic E-state index is 11.8. The van der Waals surface area contributed by atoms with E-state index in [1.807, 2.05) is 0 Å². The Bertz CT molecular complexity index is 611. The predicted octanol–water partition coefficient (Wildman–Crippen LogP) is 4.18. The molecule has 2 aromatic rings. The first-order valence-electron chi connectivity index (χ1n) is 6.32. The van der Waals surface area contributed by atoms with Crippen LogP contribution in [0.3, 0.4) is 0 Å². The summed E-state index contributed by atoms with van der Waals surface area (Å²) in [5.74, 6) is 0.234. The van der Waals surface area contributed by atoms with Gasteiger partial charge in [0, 0.05) is 18.2 Å². The van der Waals surface area contributed by atoms with E-state index < -0.39 is 0 Å². The van der Waals surface area contributed by atoms with Crippen molar-refractivity contribution >= 4 is 29.1 Å². The van der Waals surface area contributed by atoms with Gasteiger partial charge in [0.15, 0.2) is 11.5 Å². The summed E-state index contributed by atoms with van der Waals surface area (Å²) in [6, 6.07) is 6.68. The fourth-order valence-corrected chi connectivity index (χ4v) is 1.94. The van der Waals surface area contributed by atoms with Gasteiger partial charge in [0.05, 0.1) is 10.0 Å². The summed E-state index contributed by atoms with van der Waals surface area (Å²) in [6.45, 7) is 2.69. The molecule has 0 spiro atoms. The molecule has 0 aliphatic heterocycles. The van der Waals surface area contributed by atoms with Gasteiger partial charge >= 0.3 is 0 Å². The highest BCUT2D eigenvalue weighted by molar-refractivity contribution is 6.42. The number of aromatic nitrogens is 1. The molecule has 1 N–H and O–H groups in total. The number of benzene rings is 1. The Morgan fingerprint density at radius 1 is 1.30 bits per heavy atom. The van der Waals surface area contributed by atoms with Gasteiger partial charge in [-0.3, -0.25) is 4.79 Å². The molecular formula is C14H14Cl2N2O2. The summed E-state index contributed by atoms with van der Waals surface area (Å²) in [5.41, 5.74) is 0.974. The first-order valence-corrected chi connectivity index (χ1v) is 7.07. The number of halogens is 2. The molecule has 1 amide bonds. The summed E-state index contributed by atoms with van der Waals surface area (Å²) in [7, 11) is 0. The van der Waals surface area contributed by atoms with Crippen molar-refractivity contribution in [2.24, 2.45) is 0 Å². The van der Waals surface area contributed by atoms with Crippen LogP contribution in [0.2, 0.25) is 10.0 Å². The minimum Gasteiger partial charge on any atom is -0.355 e. The van der Waals surface area contributed by atoms with E-state index in [-0.39, 0.29) is 11.6 Å². The zero-order valence-corrected chi connectivity index (χ0v) is 12.5. The van der Waals surface area contributed by atoms with Crippen LogP contribution in [-0.4, -0.2) is 17.6 Å². The van der Waals surface area contributed by atoms with Crippen LogP contribution in [0.5, 0.6) is 0 Å². The summed E-state index contributed by atoms with van der Waals surface area (Å²) in [4.78, 5) is 11.8. The number of carbonyl (C=O) groups excluding carboxylic acids is 1. The van der Waals surface area contributed by atoms with Crippen molar-refractivity contribution in [2.45, 2.75) is 19.8 Å². The van der Waals surface area contributed by atoms with E-state index in [1.54, 1.807) is 24.3 Å². The SMILES string of the molecule is CCCCNC(=O)c1cc(-c2ccc(Cl)c(Cl)c2)on1. The average Bonchev–Trinajstić information content (AvgIpc) is 2.92. The van der Waals surface area contributed by atoms with Crippen molar-refractivity contribution in [3.8, 4) is 11.3 Å². The molecule has 0 aliphatic carbocycles. The Hall–Kier alpha value is -1.52. The van der Waals surface area contributed by atoms with E-state index in [1.165, 1.54) is 0 Å². The fourth-order valence-electron chi connectivity index (χ4n) is 1.64. The zero-order chi connectivity index (χ0) is 14.5. The normalized spacial score (nSPS) is 10.6. The van der Waals surface area contributed by atoms with Gasteiger partial charge in [-0.2, -0.15) is 0 Å². The minimum absolute atomic E-state index is 0.242. The number of nitrogens with zero attached hydrogens (tertiary/aromatic N) is 1. The van der Waals surface area contributed by atoms with Crippen LogP contribution >= 0.6 is 23.2 Å². The molecule has 0 saturated carbocycles. The molecule has 20 heavy (non-hydrogen) atoms. The van der Waals surface area contributed by atoms with Crippen LogP contribution in [-0.2, 0) is 0 Å². The molecule has 1 heterocycles. The summed E-state index contributed by atoms with van der Waals surface area (Å²) in [5, 5.41) is 7.43. The zero-order valence-electron chi connectivity index (χ0n) is 11.0. The number of rotatable bonds is 5. The van der Waals surface area contributed by atoms with Crippen molar-refractivity contribution < 1.29 is 9.32 Å². The van der Waals surface area contributed by atoms with E-state index in [2.05, 4.69) is 17.4 Å². The second kappa shape index (κ2) is 6.77. The van der Waals surface area contributed by atoms with Crippen molar-refractivity contribution in [3.63, 3.8) is 0 Å². The van der Waals surface area contributed by atoms with E-state index in [0.29, 0.717) is 22.4 Å². The molecule has 0 radical (unpaired) electrons. The van der Waals surface area contributed by atoms with Gasteiger partial charge in [-0.1, -0.05) is 41.7 Å². The van der Waals surface area contributed by atoms with E-state index in [0.717, 1.165) is 18.4 Å². The number of carbonyl (C=O) groups is 1. The Morgan fingerprint density at radius 2 is 2.10 bits per heavy atom. The Morgan fingerprint density at radius 3 is 2.80 bits per heavy atom. The topological polar surface area (TPSA) is 55.1 Å². The average molecular weight is 313 g/mol. The lowest BCUT2D eigenvalue weighted by Crippen LogP contribution is -2.24. The Balaban J connectivity index is 2.12. The summed E-state index contributed by atoms with van der Waals surface area (Å²) >= 11 is 11.8. The van der Waals surface area contributed by atoms with Gasteiger partial charge in [0.1, 0.15) is 0 Å². The molecular weight excluding hydrogens is 299 g/mol. The monoisotopic (exact) mass is 312 g/mol. The molecule has 4 nitrogen and oxygen atoms in total. The number of hydrogen-bond donors (Lipinski definition) is 1. The highest BCUT2D eigenvalue weighted by Crippen LogP contribution is 2.28. The molecule has 1 aromatic carbocycles. The summed E-state index contributed by atoms with van der Waals surface area (Å²) in [6.07, 6.45) is 1.96. The van der Waals surface area contributed by atoms with Crippen LogP contribution < -0.4 is 5.32 Å². The van der Waals surface area contributed by atoms with Gasteiger partial charge < -0.3 is 9.84 Å². The Labute approximate surface area is 127 Å². The third kappa shape index (κ3) is 3.52. The highest BCUT2D eigenvalue weighted by atomic mass is 35.5.